The van der Waals surface area contributed by atoms with Crippen LogP contribution >= 0.6 is 0 Å². The normalized spacial score (nSPS) is 18.7. The van der Waals surface area contributed by atoms with Gasteiger partial charge in [0, 0.05) is 16.9 Å². The van der Waals surface area contributed by atoms with Gasteiger partial charge in [0.15, 0.2) is 6.29 Å². The fourth-order valence-corrected chi connectivity index (χ4v) is 4.42. The molecule has 0 N–H and O–H groups in total. The van der Waals surface area contributed by atoms with Gasteiger partial charge in [0.25, 0.3) is 0 Å². The molecule has 0 unspecified atom stereocenters. The molecule has 35 heavy (non-hydrogen) atoms. The van der Waals surface area contributed by atoms with Crippen molar-refractivity contribution in [1.29, 1.82) is 0 Å². The number of hydrogen-bond acceptors (Lipinski definition) is 3. The van der Waals surface area contributed by atoms with Gasteiger partial charge < -0.3 is 14.2 Å². The molecule has 1 aliphatic rings. The zero-order valence-electron chi connectivity index (χ0n) is 19.7. The molecule has 1 fully saturated rings. The number of fused-ring (bicyclic) bond motifs is 1. The van der Waals surface area contributed by atoms with Crippen LogP contribution in [0.25, 0.3) is 10.8 Å². The van der Waals surface area contributed by atoms with Crippen LogP contribution in [0.1, 0.15) is 55.6 Å². The first kappa shape index (κ1) is 25.5. The zero-order valence-corrected chi connectivity index (χ0v) is 19.7. The molecule has 3 aromatic rings. The number of aryl methyl sites for hydroxylation is 2. The maximum absolute atomic E-state index is 15.2. The van der Waals surface area contributed by atoms with Gasteiger partial charge in [-0.1, -0.05) is 62.6 Å². The molecule has 0 atom stereocenters. The summed E-state index contributed by atoms with van der Waals surface area (Å²) >= 11 is 0. The molecule has 1 aliphatic heterocycles. The minimum atomic E-state index is -4.72. The smallest absolute Gasteiger partial charge is 0.406 e. The van der Waals surface area contributed by atoms with Crippen molar-refractivity contribution in [3.63, 3.8) is 0 Å². The van der Waals surface area contributed by atoms with E-state index in [1.54, 1.807) is 24.3 Å². The Balaban J connectivity index is 1.37. The molecule has 4 rings (SSSR count). The van der Waals surface area contributed by atoms with E-state index in [0.717, 1.165) is 22.9 Å². The van der Waals surface area contributed by atoms with Crippen LogP contribution < -0.4 is 4.74 Å². The van der Waals surface area contributed by atoms with Crippen molar-refractivity contribution in [2.75, 3.05) is 13.2 Å². The predicted octanol–water partition coefficient (Wildman–Crippen LogP) is 7.90. The maximum Gasteiger partial charge on any atom is 0.573 e. The summed E-state index contributed by atoms with van der Waals surface area (Å²) in [5.41, 5.74) is 2.23. The van der Waals surface area contributed by atoms with E-state index < -0.39 is 12.7 Å². The highest BCUT2D eigenvalue weighted by Gasteiger charge is 2.31. The van der Waals surface area contributed by atoms with Gasteiger partial charge in [-0.2, -0.15) is 0 Å². The number of rotatable bonds is 9. The second-order valence-corrected chi connectivity index (χ2v) is 9.07. The average molecular weight is 491 g/mol. The molecule has 0 saturated carbocycles. The third kappa shape index (κ3) is 6.95. The Morgan fingerprint density at radius 2 is 1.66 bits per heavy atom. The number of benzene rings is 3. The molecule has 7 heteroatoms. The predicted molar refractivity (Wildman–Crippen MR) is 127 cm³/mol. The lowest BCUT2D eigenvalue weighted by Gasteiger charge is -2.29. The third-order valence-corrected chi connectivity index (χ3v) is 6.35. The number of ether oxygens (including phenoxy) is 3. The minimum Gasteiger partial charge on any atom is -0.406 e. The van der Waals surface area contributed by atoms with Crippen LogP contribution in [-0.2, 0) is 22.3 Å². The van der Waals surface area contributed by atoms with Crippen molar-refractivity contribution in [3.8, 4) is 5.75 Å². The van der Waals surface area contributed by atoms with Crippen molar-refractivity contribution in [1.82, 2.24) is 0 Å². The topological polar surface area (TPSA) is 27.7 Å². The Labute approximate surface area is 203 Å². The van der Waals surface area contributed by atoms with Gasteiger partial charge in [0.2, 0.25) is 0 Å². The quantitative estimate of drug-likeness (QED) is 0.225. The van der Waals surface area contributed by atoms with E-state index in [2.05, 4.69) is 11.7 Å². The van der Waals surface area contributed by atoms with Gasteiger partial charge in [0.1, 0.15) is 11.6 Å². The van der Waals surface area contributed by atoms with Crippen molar-refractivity contribution in [2.45, 2.75) is 58.1 Å². The molecule has 0 radical (unpaired) electrons. The van der Waals surface area contributed by atoms with E-state index in [-0.39, 0.29) is 11.6 Å². The van der Waals surface area contributed by atoms with Gasteiger partial charge >= 0.3 is 6.36 Å². The van der Waals surface area contributed by atoms with E-state index in [1.165, 1.54) is 31.4 Å². The fourth-order valence-electron chi connectivity index (χ4n) is 4.42. The summed E-state index contributed by atoms with van der Waals surface area (Å²) in [7, 11) is 0. The van der Waals surface area contributed by atoms with Gasteiger partial charge in [-0.15, -0.1) is 13.2 Å². The summed E-state index contributed by atoms with van der Waals surface area (Å²) in [6.45, 7) is 3.53. The largest absolute Gasteiger partial charge is 0.573 e. The highest BCUT2D eigenvalue weighted by atomic mass is 19.4. The highest BCUT2D eigenvalue weighted by molar-refractivity contribution is 5.84. The Morgan fingerprint density at radius 1 is 0.914 bits per heavy atom. The fraction of sp³-hybridized carbons (Fsp3) is 0.429. The first-order valence-electron chi connectivity index (χ1n) is 12.1. The lowest BCUT2D eigenvalue weighted by Crippen LogP contribution is -2.27. The van der Waals surface area contributed by atoms with E-state index in [0.29, 0.717) is 42.9 Å². The Hall–Kier alpha value is -2.64. The second kappa shape index (κ2) is 11.4. The average Bonchev–Trinajstić information content (AvgIpc) is 2.84. The Morgan fingerprint density at radius 3 is 2.34 bits per heavy atom. The number of alkyl halides is 3. The Bertz CT molecular complexity index is 1100. The van der Waals surface area contributed by atoms with Crippen LogP contribution in [-0.4, -0.2) is 19.6 Å². The van der Waals surface area contributed by atoms with E-state index >= 15 is 4.39 Å². The number of hydrogen-bond donors (Lipinski definition) is 0. The standard InChI is InChI=1S/C28H30F4O3/c1-2-3-4-5-20-17-33-27(34-18-20)23-12-15-25-22(16-23)11-10-21(26(25)29)9-6-19-7-13-24(14-8-19)35-28(30,31)32/h7-8,10-16,20,27H,2-6,9,17-18H2,1H3. The van der Waals surface area contributed by atoms with Crippen molar-refractivity contribution in [2.24, 2.45) is 5.92 Å². The third-order valence-electron chi connectivity index (χ3n) is 6.35. The molecule has 188 valence electrons. The molecule has 1 heterocycles. The summed E-state index contributed by atoms with van der Waals surface area (Å²) in [5.74, 6) is -0.133. The van der Waals surface area contributed by atoms with Gasteiger partial charge in [0.05, 0.1) is 13.2 Å². The second-order valence-electron chi connectivity index (χ2n) is 9.07. The lowest BCUT2D eigenvalue weighted by molar-refractivity contribution is -0.274. The van der Waals surface area contributed by atoms with E-state index in [1.807, 2.05) is 18.2 Å². The van der Waals surface area contributed by atoms with Crippen LogP contribution in [0, 0.1) is 11.7 Å². The summed E-state index contributed by atoms with van der Waals surface area (Å²) < 4.78 is 67.9. The molecular weight excluding hydrogens is 460 g/mol. The SMILES string of the molecule is CCCCCC1COC(c2ccc3c(F)c(CCc4ccc(OC(F)(F)F)cc4)ccc3c2)OC1. The summed E-state index contributed by atoms with van der Waals surface area (Å²) in [6, 6.07) is 14.8. The molecule has 3 aromatic carbocycles. The molecule has 0 spiro atoms. The zero-order chi connectivity index (χ0) is 24.8. The molecular formula is C28H30F4O3. The Kier molecular flexibility index (Phi) is 8.29. The molecule has 1 saturated heterocycles. The molecule has 3 nitrogen and oxygen atoms in total. The van der Waals surface area contributed by atoms with Gasteiger partial charge in [-0.3, -0.25) is 0 Å². The van der Waals surface area contributed by atoms with Crippen molar-refractivity contribution in [3.05, 3.63) is 77.1 Å². The van der Waals surface area contributed by atoms with Crippen molar-refractivity contribution < 1.29 is 31.8 Å². The summed E-state index contributed by atoms with van der Waals surface area (Å²) in [6.07, 6.45) is 0.483. The van der Waals surface area contributed by atoms with Crippen LogP contribution in [0.4, 0.5) is 17.6 Å². The number of unbranched alkanes of at least 4 members (excludes halogenated alkanes) is 2. The molecule has 0 aliphatic carbocycles. The lowest BCUT2D eigenvalue weighted by atomic mass is 9.98. The van der Waals surface area contributed by atoms with E-state index in [4.69, 9.17) is 9.47 Å². The molecule has 0 amide bonds. The minimum absolute atomic E-state index is 0.271. The van der Waals surface area contributed by atoms with Crippen LogP contribution in [0.2, 0.25) is 0 Å². The van der Waals surface area contributed by atoms with Crippen LogP contribution in [0.5, 0.6) is 5.75 Å². The summed E-state index contributed by atoms with van der Waals surface area (Å²) in [5, 5.41) is 1.29. The van der Waals surface area contributed by atoms with Crippen molar-refractivity contribution >= 4 is 10.8 Å². The van der Waals surface area contributed by atoms with Crippen LogP contribution in [0.3, 0.4) is 0 Å². The number of halogens is 4. The maximum atomic E-state index is 15.2. The molecule has 0 bridgehead atoms. The van der Waals surface area contributed by atoms with Gasteiger partial charge in [-0.25, -0.2) is 4.39 Å². The molecule has 0 aromatic heterocycles. The first-order valence-corrected chi connectivity index (χ1v) is 12.1. The monoisotopic (exact) mass is 490 g/mol. The summed E-state index contributed by atoms with van der Waals surface area (Å²) in [4.78, 5) is 0. The highest BCUT2D eigenvalue weighted by Crippen LogP contribution is 2.31. The first-order chi connectivity index (χ1) is 16.8. The van der Waals surface area contributed by atoms with E-state index in [9.17, 15) is 13.2 Å². The van der Waals surface area contributed by atoms with Gasteiger partial charge in [-0.05, 0) is 54.0 Å². The van der Waals surface area contributed by atoms with Crippen LogP contribution in [0.15, 0.2) is 54.6 Å².